The van der Waals surface area contributed by atoms with Crippen molar-refractivity contribution in [2.45, 2.75) is 64.2 Å². The Balaban J connectivity index is 2.02. The van der Waals surface area contributed by atoms with Crippen molar-refractivity contribution in [2.24, 2.45) is 0 Å². The van der Waals surface area contributed by atoms with E-state index in [9.17, 15) is 18.0 Å². The quantitative estimate of drug-likeness (QED) is 0.855. The fraction of sp³-hybridized carbons (Fsp3) is 0.714. The molecule has 8 heteroatoms. The van der Waals surface area contributed by atoms with Crippen LogP contribution < -0.4 is 5.32 Å². The number of alkyl halides is 3. The topological polar surface area (TPSA) is 46.9 Å². The van der Waals surface area contributed by atoms with Crippen molar-refractivity contribution in [3.63, 3.8) is 0 Å². The number of rotatable bonds is 3. The zero-order valence-corrected chi connectivity index (χ0v) is 13.1. The Morgan fingerprint density at radius 3 is 2.41 bits per heavy atom. The number of nitrogens with one attached hydrogen (secondary N) is 1. The maximum absolute atomic E-state index is 12.7. The molecule has 1 aromatic rings. The smallest absolute Gasteiger partial charge is 0.352 e. The molecule has 1 heterocycles. The molecule has 0 spiro atoms. The molecule has 0 saturated heterocycles. The first-order valence-electron chi connectivity index (χ1n) is 7.38. The highest BCUT2D eigenvalue weighted by molar-refractivity contribution is 6.32. The third-order valence-corrected chi connectivity index (χ3v) is 4.37. The molecule has 1 aliphatic rings. The van der Waals surface area contributed by atoms with Crippen LogP contribution in [0, 0.1) is 6.92 Å². The summed E-state index contributed by atoms with van der Waals surface area (Å²) in [5.74, 6) is -0.331. The molecule has 0 atom stereocenters. The average Bonchev–Trinajstić information content (AvgIpc) is 2.63. The molecule has 1 amide bonds. The molecule has 22 heavy (non-hydrogen) atoms. The van der Waals surface area contributed by atoms with E-state index < -0.39 is 16.9 Å². The summed E-state index contributed by atoms with van der Waals surface area (Å²) in [4.78, 5) is 12.0. The number of carbonyl (C=O) groups excluding carboxylic acids is 1. The summed E-state index contributed by atoms with van der Waals surface area (Å²) in [5, 5.41) is 5.86. The number of hydrogen-bond donors (Lipinski definition) is 1. The average molecular weight is 338 g/mol. The maximum atomic E-state index is 12.7. The summed E-state index contributed by atoms with van der Waals surface area (Å²) in [7, 11) is 0. The Morgan fingerprint density at radius 1 is 1.32 bits per heavy atom. The third kappa shape index (κ3) is 4.15. The first-order chi connectivity index (χ1) is 10.3. The van der Waals surface area contributed by atoms with Crippen molar-refractivity contribution in [3.05, 3.63) is 16.4 Å². The Kier molecular flexibility index (Phi) is 5.36. The minimum absolute atomic E-state index is 0.100. The van der Waals surface area contributed by atoms with Crippen LogP contribution in [0.4, 0.5) is 13.2 Å². The zero-order chi connectivity index (χ0) is 16.3. The lowest BCUT2D eigenvalue weighted by Crippen LogP contribution is -2.37. The SMILES string of the molecule is Cc1c(Cl)c(C(F)(F)F)nn1CC(=O)NC1CCCCCC1. The standard InChI is InChI=1S/C14H19ClF3N3O/c1-9-12(15)13(14(16,17)18)20-21(9)8-11(22)19-10-6-4-2-3-5-7-10/h10H,2-8H2,1H3,(H,19,22). The second kappa shape index (κ2) is 6.89. The highest BCUT2D eigenvalue weighted by atomic mass is 35.5. The molecule has 0 unspecified atom stereocenters. The highest BCUT2D eigenvalue weighted by Gasteiger charge is 2.38. The van der Waals surface area contributed by atoms with Gasteiger partial charge >= 0.3 is 6.18 Å². The van der Waals surface area contributed by atoms with Gasteiger partial charge in [0.15, 0.2) is 5.69 Å². The van der Waals surface area contributed by atoms with Gasteiger partial charge in [-0.05, 0) is 19.8 Å². The predicted octanol–water partition coefficient (Wildman–Crippen LogP) is 3.70. The van der Waals surface area contributed by atoms with Gasteiger partial charge in [-0.25, -0.2) is 0 Å². The van der Waals surface area contributed by atoms with Crippen LogP contribution in [0.25, 0.3) is 0 Å². The van der Waals surface area contributed by atoms with Crippen molar-refractivity contribution < 1.29 is 18.0 Å². The molecule has 0 bridgehead atoms. The number of aromatic nitrogens is 2. The summed E-state index contributed by atoms with van der Waals surface area (Å²) in [6.45, 7) is 1.17. The summed E-state index contributed by atoms with van der Waals surface area (Å²) < 4.78 is 39.2. The Bertz CT molecular complexity index is 534. The largest absolute Gasteiger partial charge is 0.436 e. The molecule has 2 rings (SSSR count). The van der Waals surface area contributed by atoms with Gasteiger partial charge in [0.1, 0.15) is 6.54 Å². The lowest BCUT2D eigenvalue weighted by atomic mass is 10.1. The van der Waals surface area contributed by atoms with E-state index in [-0.39, 0.29) is 24.2 Å². The lowest BCUT2D eigenvalue weighted by Gasteiger charge is -2.16. The molecule has 1 fully saturated rings. The van der Waals surface area contributed by atoms with Gasteiger partial charge in [-0.2, -0.15) is 18.3 Å². The van der Waals surface area contributed by atoms with E-state index in [2.05, 4.69) is 10.4 Å². The van der Waals surface area contributed by atoms with Crippen molar-refractivity contribution in [2.75, 3.05) is 0 Å². The van der Waals surface area contributed by atoms with Crippen LogP contribution >= 0.6 is 11.6 Å². The van der Waals surface area contributed by atoms with E-state index in [1.54, 1.807) is 0 Å². The van der Waals surface area contributed by atoms with Gasteiger partial charge in [-0.15, -0.1) is 0 Å². The first kappa shape index (κ1) is 17.1. The van der Waals surface area contributed by atoms with Crippen molar-refractivity contribution >= 4 is 17.5 Å². The van der Waals surface area contributed by atoms with Gasteiger partial charge in [0, 0.05) is 6.04 Å². The number of hydrogen-bond acceptors (Lipinski definition) is 2. The van der Waals surface area contributed by atoms with Gasteiger partial charge in [0.25, 0.3) is 0 Å². The predicted molar refractivity (Wildman–Crippen MR) is 76.6 cm³/mol. The summed E-state index contributed by atoms with van der Waals surface area (Å²) >= 11 is 5.66. The molecule has 1 aromatic heterocycles. The summed E-state index contributed by atoms with van der Waals surface area (Å²) in [6.07, 6.45) is 1.66. The second-order valence-corrected chi connectivity index (χ2v) is 6.04. The van der Waals surface area contributed by atoms with E-state index in [0.29, 0.717) is 0 Å². The monoisotopic (exact) mass is 337 g/mol. The van der Waals surface area contributed by atoms with Crippen LogP contribution in [0.15, 0.2) is 0 Å². The Morgan fingerprint density at radius 2 is 1.91 bits per heavy atom. The van der Waals surface area contributed by atoms with Gasteiger partial charge in [0.2, 0.25) is 5.91 Å². The lowest BCUT2D eigenvalue weighted by molar-refractivity contribution is -0.141. The summed E-state index contributed by atoms with van der Waals surface area (Å²) in [5.41, 5.74) is -1.00. The summed E-state index contributed by atoms with van der Waals surface area (Å²) in [6, 6.07) is 0.100. The Hall–Kier alpha value is -1.24. The van der Waals surface area contributed by atoms with Gasteiger partial charge in [0.05, 0.1) is 10.7 Å². The molecule has 4 nitrogen and oxygen atoms in total. The first-order valence-corrected chi connectivity index (χ1v) is 7.76. The number of amides is 1. The molecule has 1 aliphatic carbocycles. The molecular weight excluding hydrogens is 319 g/mol. The number of nitrogens with zero attached hydrogens (tertiary/aromatic N) is 2. The number of halogens is 4. The van der Waals surface area contributed by atoms with Gasteiger partial charge in [-0.3, -0.25) is 9.48 Å². The molecule has 1 N–H and O–H groups in total. The number of carbonyl (C=O) groups is 1. The van der Waals surface area contributed by atoms with E-state index >= 15 is 0 Å². The van der Waals surface area contributed by atoms with Crippen LogP contribution in [-0.4, -0.2) is 21.7 Å². The highest BCUT2D eigenvalue weighted by Crippen LogP contribution is 2.35. The van der Waals surface area contributed by atoms with Crippen LogP contribution in [0.2, 0.25) is 5.02 Å². The van der Waals surface area contributed by atoms with Crippen LogP contribution in [-0.2, 0) is 17.5 Å². The van der Waals surface area contributed by atoms with E-state index in [1.807, 2.05) is 0 Å². The van der Waals surface area contributed by atoms with Crippen LogP contribution in [0.3, 0.4) is 0 Å². The van der Waals surface area contributed by atoms with Crippen molar-refractivity contribution in [1.29, 1.82) is 0 Å². The minimum atomic E-state index is -4.62. The van der Waals surface area contributed by atoms with Gasteiger partial charge in [-0.1, -0.05) is 37.3 Å². The zero-order valence-electron chi connectivity index (χ0n) is 12.3. The second-order valence-electron chi connectivity index (χ2n) is 5.66. The van der Waals surface area contributed by atoms with E-state index in [0.717, 1.165) is 43.2 Å². The van der Waals surface area contributed by atoms with E-state index in [4.69, 9.17) is 11.6 Å². The molecule has 0 aliphatic heterocycles. The fourth-order valence-electron chi connectivity index (χ4n) is 2.69. The van der Waals surface area contributed by atoms with E-state index in [1.165, 1.54) is 6.92 Å². The van der Waals surface area contributed by atoms with Crippen LogP contribution in [0.5, 0.6) is 0 Å². The third-order valence-electron chi connectivity index (χ3n) is 3.92. The molecular formula is C14H19ClF3N3O. The van der Waals surface area contributed by atoms with Crippen molar-refractivity contribution in [3.8, 4) is 0 Å². The maximum Gasteiger partial charge on any atom is 0.436 e. The molecule has 0 aromatic carbocycles. The molecule has 124 valence electrons. The van der Waals surface area contributed by atoms with Gasteiger partial charge < -0.3 is 5.32 Å². The van der Waals surface area contributed by atoms with Crippen LogP contribution in [0.1, 0.15) is 49.9 Å². The fourth-order valence-corrected chi connectivity index (χ4v) is 2.93. The normalized spacial score (nSPS) is 17.3. The molecule has 0 radical (unpaired) electrons. The molecule has 1 saturated carbocycles. The van der Waals surface area contributed by atoms with Crippen molar-refractivity contribution in [1.82, 2.24) is 15.1 Å². The minimum Gasteiger partial charge on any atom is -0.352 e. The Labute approximate surface area is 132 Å².